The van der Waals surface area contributed by atoms with Crippen molar-refractivity contribution >= 4 is 11.6 Å². The predicted molar refractivity (Wildman–Crippen MR) is 123 cm³/mol. The molecule has 2 N–H and O–H groups in total. The highest BCUT2D eigenvalue weighted by atomic mass is 35.5. The molecule has 0 aliphatic rings. The largest absolute Gasteiger partial charge is 0.462 e. The molecule has 0 fully saturated rings. The molecule has 1 unspecified atom stereocenters. The molecule has 2 aromatic carbocycles. The number of hydrogen-bond acceptors (Lipinski definition) is 4. The molecule has 4 aromatic rings. The minimum absolute atomic E-state index is 0.0393. The summed E-state index contributed by atoms with van der Waals surface area (Å²) in [6, 6.07) is 18.0. The van der Waals surface area contributed by atoms with Crippen LogP contribution in [0.15, 0.2) is 83.4 Å². The van der Waals surface area contributed by atoms with E-state index in [2.05, 4.69) is 10.3 Å². The van der Waals surface area contributed by atoms with E-state index >= 15 is 0 Å². The number of nitrogens with one attached hydrogen (secondary N) is 1. The van der Waals surface area contributed by atoms with E-state index in [1.165, 1.54) is 6.20 Å². The van der Waals surface area contributed by atoms with Crippen LogP contribution in [-0.2, 0) is 31.3 Å². The summed E-state index contributed by atoms with van der Waals surface area (Å²) in [6.07, 6.45) is -3.21. The first kappa shape index (κ1) is 24.9. The van der Waals surface area contributed by atoms with Gasteiger partial charge in [0, 0.05) is 12.6 Å². The molecule has 0 aliphatic carbocycles. The summed E-state index contributed by atoms with van der Waals surface area (Å²) in [5.41, 5.74) is -1.33. The molecular weight excluding hydrogens is 484 g/mol. The van der Waals surface area contributed by atoms with Gasteiger partial charge >= 0.3 is 6.18 Å². The van der Waals surface area contributed by atoms with Crippen LogP contribution < -0.4 is 5.32 Å². The molecule has 0 saturated carbocycles. The molecular formula is C26H21ClF4N2O2. The van der Waals surface area contributed by atoms with Crippen LogP contribution >= 0.6 is 11.6 Å². The standard InChI is InChI=1S/C26H21ClF4N2O2/c27-20-6-9-24(32-14-20)25(13-17-4-2-1-3-5-17,33-15-22-7-8-23(16-34)35-22)18-10-19(26(29,30)31)12-21(28)11-18/h1-12,14,33-34H,13,15-16H2. The van der Waals surface area contributed by atoms with E-state index in [4.69, 9.17) is 16.0 Å². The van der Waals surface area contributed by atoms with Crippen molar-refractivity contribution in [2.75, 3.05) is 0 Å². The third-order valence-electron chi connectivity index (χ3n) is 5.63. The average Bonchev–Trinajstić information content (AvgIpc) is 3.30. The lowest BCUT2D eigenvalue weighted by molar-refractivity contribution is -0.137. The van der Waals surface area contributed by atoms with Crippen LogP contribution in [0.2, 0.25) is 5.02 Å². The van der Waals surface area contributed by atoms with E-state index in [9.17, 15) is 22.7 Å². The van der Waals surface area contributed by atoms with Crippen molar-refractivity contribution < 1.29 is 27.1 Å². The number of aliphatic hydroxyl groups is 1. The van der Waals surface area contributed by atoms with Gasteiger partial charge < -0.3 is 9.52 Å². The fourth-order valence-electron chi connectivity index (χ4n) is 3.97. The second-order valence-electron chi connectivity index (χ2n) is 8.04. The SMILES string of the molecule is OCc1ccc(CNC(Cc2ccccc2)(c2cc(F)cc(C(F)(F)F)c2)c2ccc(Cl)cn2)o1. The average molecular weight is 505 g/mol. The van der Waals surface area contributed by atoms with E-state index in [0.29, 0.717) is 28.3 Å². The van der Waals surface area contributed by atoms with Gasteiger partial charge in [-0.25, -0.2) is 4.39 Å². The van der Waals surface area contributed by atoms with Gasteiger partial charge in [-0.3, -0.25) is 10.3 Å². The topological polar surface area (TPSA) is 58.3 Å². The Morgan fingerprint density at radius 3 is 2.26 bits per heavy atom. The van der Waals surface area contributed by atoms with Crippen molar-refractivity contribution in [1.82, 2.24) is 10.3 Å². The van der Waals surface area contributed by atoms with E-state index in [1.54, 1.807) is 24.3 Å². The number of nitrogens with zero attached hydrogens (tertiary/aromatic N) is 1. The van der Waals surface area contributed by atoms with Gasteiger partial charge in [-0.05, 0) is 53.6 Å². The van der Waals surface area contributed by atoms with Crippen LogP contribution in [0.1, 0.15) is 33.9 Å². The molecule has 0 amide bonds. The van der Waals surface area contributed by atoms with Gasteiger partial charge in [0.25, 0.3) is 0 Å². The van der Waals surface area contributed by atoms with E-state index in [-0.39, 0.29) is 25.1 Å². The maximum absolute atomic E-state index is 14.6. The second kappa shape index (κ2) is 10.2. The molecule has 4 rings (SSSR count). The molecule has 182 valence electrons. The lowest BCUT2D eigenvalue weighted by atomic mass is 9.79. The van der Waals surface area contributed by atoms with Crippen molar-refractivity contribution in [2.45, 2.75) is 31.3 Å². The number of aromatic nitrogens is 1. The third kappa shape index (κ3) is 5.73. The first-order valence-corrected chi connectivity index (χ1v) is 11.0. The lowest BCUT2D eigenvalue weighted by Crippen LogP contribution is -2.46. The Balaban J connectivity index is 1.91. The summed E-state index contributed by atoms with van der Waals surface area (Å²) in [4.78, 5) is 4.41. The van der Waals surface area contributed by atoms with Crippen LogP contribution in [0, 0.1) is 5.82 Å². The van der Waals surface area contributed by atoms with E-state index in [1.807, 2.05) is 30.3 Å². The number of hydrogen-bond donors (Lipinski definition) is 2. The monoisotopic (exact) mass is 504 g/mol. The van der Waals surface area contributed by atoms with Crippen LogP contribution in [0.5, 0.6) is 0 Å². The van der Waals surface area contributed by atoms with Gasteiger partial charge in [0.05, 0.1) is 28.4 Å². The molecule has 0 aliphatic heterocycles. The number of benzene rings is 2. The molecule has 0 bridgehead atoms. The zero-order valence-corrected chi connectivity index (χ0v) is 19.1. The maximum atomic E-state index is 14.6. The number of alkyl halides is 3. The minimum Gasteiger partial charge on any atom is -0.462 e. The van der Waals surface area contributed by atoms with Gasteiger partial charge in [-0.1, -0.05) is 41.9 Å². The van der Waals surface area contributed by atoms with Gasteiger partial charge in [-0.2, -0.15) is 13.2 Å². The zero-order chi connectivity index (χ0) is 25.1. The lowest BCUT2D eigenvalue weighted by Gasteiger charge is -2.36. The number of halogens is 5. The summed E-state index contributed by atoms with van der Waals surface area (Å²) < 4.78 is 61.1. The van der Waals surface area contributed by atoms with Crippen molar-refractivity contribution in [3.05, 3.63) is 124 Å². The smallest absolute Gasteiger partial charge is 0.416 e. The molecule has 2 heterocycles. The Bertz CT molecular complexity index is 1280. The highest BCUT2D eigenvalue weighted by Gasteiger charge is 2.39. The number of aliphatic hydroxyl groups excluding tert-OH is 1. The molecule has 4 nitrogen and oxygen atoms in total. The number of furan rings is 1. The minimum atomic E-state index is -4.75. The quantitative estimate of drug-likeness (QED) is 0.278. The van der Waals surface area contributed by atoms with Gasteiger partial charge in [0.2, 0.25) is 0 Å². The van der Waals surface area contributed by atoms with Crippen LogP contribution in [0.4, 0.5) is 17.6 Å². The Morgan fingerprint density at radius 2 is 1.63 bits per heavy atom. The maximum Gasteiger partial charge on any atom is 0.416 e. The van der Waals surface area contributed by atoms with Crippen LogP contribution in [0.3, 0.4) is 0 Å². The van der Waals surface area contributed by atoms with Gasteiger partial charge in [-0.15, -0.1) is 0 Å². The fourth-order valence-corrected chi connectivity index (χ4v) is 4.08. The Labute approximate surface area is 204 Å². The molecule has 35 heavy (non-hydrogen) atoms. The first-order chi connectivity index (χ1) is 16.7. The Kier molecular flexibility index (Phi) is 7.25. The zero-order valence-electron chi connectivity index (χ0n) is 18.3. The van der Waals surface area contributed by atoms with E-state index < -0.39 is 23.1 Å². The Morgan fingerprint density at radius 1 is 0.914 bits per heavy atom. The summed E-state index contributed by atoms with van der Waals surface area (Å²) in [7, 11) is 0. The third-order valence-corrected chi connectivity index (χ3v) is 5.86. The summed E-state index contributed by atoms with van der Waals surface area (Å²) in [6.45, 7) is -0.234. The number of pyridine rings is 1. The first-order valence-electron chi connectivity index (χ1n) is 10.7. The predicted octanol–water partition coefficient (Wildman–Crippen LogP) is 6.25. The van der Waals surface area contributed by atoms with Crippen molar-refractivity contribution in [1.29, 1.82) is 0 Å². The molecule has 9 heteroatoms. The summed E-state index contributed by atoms with van der Waals surface area (Å²) in [5.74, 6) is -0.248. The highest BCUT2D eigenvalue weighted by Crippen LogP contribution is 2.38. The number of rotatable bonds is 8. The summed E-state index contributed by atoms with van der Waals surface area (Å²) in [5, 5.41) is 12.9. The van der Waals surface area contributed by atoms with Gasteiger partial charge in [0.1, 0.15) is 23.9 Å². The van der Waals surface area contributed by atoms with Crippen LogP contribution in [-0.4, -0.2) is 10.1 Å². The van der Waals surface area contributed by atoms with E-state index in [0.717, 1.165) is 17.7 Å². The molecule has 0 spiro atoms. The summed E-state index contributed by atoms with van der Waals surface area (Å²) >= 11 is 6.04. The Hall–Kier alpha value is -3.20. The molecule has 2 aromatic heterocycles. The van der Waals surface area contributed by atoms with Crippen molar-refractivity contribution in [3.63, 3.8) is 0 Å². The van der Waals surface area contributed by atoms with Gasteiger partial charge in [0.15, 0.2) is 0 Å². The highest BCUT2D eigenvalue weighted by molar-refractivity contribution is 6.30. The normalized spacial score (nSPS) is 13.5. The van der Waals surface area contributed by atoms with Crippen molar-refractivity contribution in [3.8, 4) is 0 Å². The molecule has 0 saturated heterocycles. The second-order valence-corrected chi connectivity index (χ2v) is 8.47. The van der Waals surface area contributed by atoms with Crippen molar-refractivity contribution in [2.24, 2.45) is 0 Å². The molecule has 1 atom stereocenters. The molecule has 0 radical (unpaired) electrons. The van der Waals surface area contributed by atoms with Crippen LogP contribution in [0.25, 0.3) is 0 Å². The fraction of sp³-hybridized carbons (Fsp3) is 0.192.